The molecule has 0 spiro atoms. The van der Waals surface area contributed by atoms with Crippen molar-refractivity contribution in [2.75, 3.05) is 5.01 Å². The number of halogens is 3. The van der Waals surface area contributed by atoms with Crippen molar-refractivity contribution in [2.45, 2.75) is 25.7 Å². The number of carbonyl (C=O) groups excluding carboxylic acids is 1. The smallest absolute Gasteiger partial charge is 0.248 e. The van der Waals surface area contributed by atoms with Crippen molar-refractivity contribution < 1.29 is 4.79 Å². The van der Waals surface area contributed by atoms with Crippen LogP contribution >= 0.6 is 35.6 Å². The van der Waals surface area contributed by atoms with E-state index in [9.17, 15) is 4.79 Å². The third kappa shape index (κ3) is 3.39. The van der Waals surface area contributed by atoms with Crippen LogP contribution in [0.3, 0.4) is 0 Å². The van der Waals surface area contributed by atoms with Crippen LogP contribution in [0.4, 0.5) is 5.69 Å². The SMILES string of the molecule is Cl.O=C1CC2CCCc3ccncc3C2=NN1c1ccc(Cl)c(Cl)c1. The quantitative estimate of drug-likeness (QED) is 0.688. The number of nitrogens with zero attached hydrogens (tertiary/aromatic N) is 3. The highest BCUT2D eigenvalue weighted by Gasteiger charge is 2.33. The van der Waals surface area contributed by atoms with E-state index >= 15 is 0 Å². The number of amides is 1. The number of rotatable bonds is 1. The number of hydrogen-bond donors (Lipinski definition) is 0. The van der Waals surface area contributed by atoms with Crippen LogP contribution in [0.1, 0.15) is 30.4 Å². The van der Waals surface area contributed by atoms with Gasteiger partial charge in [0.2, 0.25) is 5.91 Å². The molecule has 0 radical (unpaired) electrons. The molecule has 1 atom stereocenters. The molecule has 2 heterocycles. The van der Waals surface area contributed by atoms with Crippen molar-refractivity contribution in [1.29, 1.82) is 0 Å². The summed E-state index contributed by atoms with van der Waals surface area (Å²) in [4.78, 5) is 16.8. The molecule has 0 saturated carbocycles. The first-order chi connectivity index (χ1) is 11.6. The molecule has 7 heteroatoms. The first-order valence-corrected chi connectivity index (χ1v) is 8.69. The van der Waals surface area contributed by atoms with Crippen molar-refractivity contribution in [1.82, 2.24) is 4.98 Å². The zero-order chi connectivity index (χ0) is 16.7. The predicted molar refractivity (Wildman–Crippen MR) is 103 cm³/mol. The maximum atomic E-state index is 12.6. The Kier molecular flexibility index (Phi) is 5.32. The van der Waals surface area contributed by atoms with E-state index in [1.54, 1.807) is 18.2 Å². The Hall–Kier alpha value is -1.62. The number of pyridine rings is 1. The second-order valence-corrected chi connectivity index (χ2v) is 6.93. The molecule has 0 fully saturated rings. The van der Waals surface area contributed by atoms with Crippen molar-refractivity contribution in [3.05, 3.63) is 57.8 Å². The minimum Gasteiger partial charge on any atom is -0.273 e. The molecule has 2 aromatic rings. The van der Waals surface area contributed by atoms with Gasteiger partial charge >= 0.3 is 0 Å². The fourth-order valence-electron chi connectivity index (χ4n) is 3.38. The van der Waals surface area contributed by atoms with Crippen molar-refractivity contribution in [2.24, 2.45) is 11.0 Å². The fourth-order valence-corrected chi connectivity index (χ4v) is 3.67. The molecular weight excluding hydrogens is 381 g/mol. The molecule has 2 aliphatic rings. The number of hydrogen-bond acceptors (Lipinski definition) is 3. The van der Waals surface area contributed by atoms with Gasteiger partial charge in [0.15, 0.2) is 0 Å². The average molecular weight is 397 g/mol. The fraction of sp³-hybridized carbons (Fsp3) is 0.278. The van der Waals surface area contributed by atoms with Crippen LogP contribution in [0.25, 0.3) is 0 Å². The Morgan fingerprint density at radius 1 is 1.16 bits per heavy atom. The maximum Gasteiger partial charge on any atom is 0.248 e. The van der Waals surface area contributed by atoms with Gasteiger partial charge in [-0.3, -0.25) is 9.78 Å². The number of aromatic nitrogens is 1. The van der Waals surface area contributed by atoms with E-state index in [0.29, 0.717) is 22.2 Å². The van der Waals surface area contributed by atoms with Gasteiger partial charge in [-0.05, 0) is 49.1 Å². The van der Waals surface area contributed by atoms with Crippen molar-refractivity contribution in [3.63, 3.8) is 0 Å². The molecule has 4 rings (SSSR count). The zero-order valence-electron chi connectivity index (χ0n) is 13.3. The summed E-state index contributed by atoms with van der Waals surface area (Å²) in [5, 5.41) is 6.99. The number of carbonyl (C=O) groups is 1. The van der Waals surface area contributed by atoms with Crippen LogP contribution < -0.4 is 5.01 Å². The molecule has 1 aliphatic heterocycles. The Labute approximate surface area is 162 Å². The summed E-state index contributed by atoms with van der Waals surface area (Å²) >= 11 is 12.1. The third-order valence-electron chi connectivity index (χ3n) is 4.59. The van der Waals surface area contributed by atoms with E-state index in [2.05, 4.69) is 10.1 Å². The molecule has 1 unspecified atom stereocenters. The zero-order valence-corrected chi connectivity index (χ0v) is 15.6. The molecule has 1 amide bonds. The maximum absolute atomic E-state index is 12.6. The first-order valence-electron chi connectivity index (χ1n) is 7.93. The lowest BCUT2D eigenvalue weighted by Gasteiger charge is -2.29. The van der Waals surface area contributed by atoms with Gasteiger partial charge in [0.05, 0.1) is 21.4 Å². The monoisotopic (exact) mass is 395 g/mol. The first kappa shape index (κ1) is 18.2. The highest BCUT2D eigenvalue weighted by atomic mass is 35.5. The molecule has 130 valence electrons. The predicted octanol–water partition coefficient (Wildman–Crippen LogP) is 4.90. The topological polar surface area (TPSA) is 45.6 Å². The van der Waals surface area contributed by atoms with Crippen LogP contribution in [0, 0.1) is 5.92 Å². The molecule has 25 heavy (non-hydrogen) atoms. The van der Waals surface area contributed by atoms with Gasteiger partial charge in [-0.25, -0.2) is 5.01 Å². The Morgan fingerprint density at radius 2 is 2.00 bits per heavy atom. The normalized spacial score (nSPS) is 19.3. The second-order valence-electron chi connectivity index (χ2n) is 6.12. The number of aryl methyl sites for hydroxylation is 1. The van der Waals surface area contributed by atoms with E-state index in [0.717, 1.165) is 30.5 Å². The minimum atomic E-state index is -0.0190. The summed E-state index contributed by atoms with van der Waals surface area (Å²) in [7, 11) is 0. The van der Waals surface area contributed by atoms with E-state index < -0.39 is 0 Å². The highest BCUT2D eigenvalue weighted by Crippen LogP contribution is 2.34. The molecular formula is C18H16Cl3N3O. The summed E-state index contributed by atoms with van der Waals surface area (Å²) in [6.07, 6.45) is 7.14. The summed E-state index contributed by atoms with van der Waals surface area (Å²) in [5.41, 5.74) is 3.88. The minimum absolute atomic E-state index is 0. The average Bonchev–Trinajstić information content (AvgIpc) is 2.75. The van der Waals surface area contributed by atoms with E-state index in [1.807, 2.05) is 18.5 Å². The van der Waals surface area contributed by atoms with E-state index in [4.69, 9.17) is 23.2 Å². The Balaban J connectivity index is 0.00000182. The summed E-state index contributed by atoms with van der Waals surface area (Å²) in [6, 6.07) is 7.16. The van der Waals surface area contributed by atoms with Gasteiger partial charge in [0.25, 0.3) is 0 Å². The van der Waals surface area contributed by atoms with Gasteiger partial charge < -0.3 is 0 Å². The number of fused-ring (bicyclic) bond motifs is 3. The van der Waals surface area contributed by atoms with Crippen LogP contribution in [-0.4, -0.2) is 16.6 Å². The lowest BCUT2D eigenvalue weighted by Crippen LogP contribution is -2.37. The van der Waals surface area contributed by atoms with Gasteiger partial charge in [-0.1, -0.05) is 23.2 Å². The van der Waals surface area contributed by atoms with Crippen LogP contribution in [0.15, 0.2) is 41.8 Å². The molecule has 4 nitrogen and oxygen atoms in total. The van der Waals surface area contributed by atoms with Crippen LogP contribution in [0.2, 0.25) is 10.0 Å². The Bertz CT molecular complexity index is 853. The van der Waals surface area contributed by atoms with Gasteiger partial charge in [-0.15, -0.1) is 12.4 Å². The molecule has 1 aliphatic carbocycles. The van der Waals surface area contributed by atoms with E-state index in [1.165, 1.54) is 10.6 Å². The van der Waals surface area contributed by atoms with E-state index in [-0.39, 0.29) is 24.2 Å². The summed E-state index contributed by atoms with van der Waals surface area (Å²) in [6.45, 7) is 0. The molecule has 1 aromatic heterocycles. The lowest BCUT2D eigenvalue weighted by molar-refractivity contribution is -0.119. The Morgan fingerprint density at radius 3 is 2.80 bits per heavy atom. The third-order valence-corrected chi connectivity index (χ3v) is 5.32. The van der Waals surface area contributed by atoms with Crippen LogP contribution in [-0.2, 0) is 11.2 Å². The second kappa shape index (κ2) is 7.32. The molecule has 0 bridgehead atoms. The van der Waals surface area contributed by atoms with Crippen LogP contribution in [0.5, 0.6) is 0 Å². The number of hydrazone groups is 1. The molecule has 1 aromatic carbocycles. The summed E-state index contributed by atoms with van der Waals surface area (Å²) in [5.74, 6) is 0.136. The van der Waals surface area contributed by atoms with Crippen molar-refractivity contribution in [3.8, 4) is 0 Å². The van der Waals surface area contributed by atoms with Crippen molar-refractivity contribution >= 4 is 52.9 Å². The number of benzene rings is 1. The van der Waals surface area contributed by atoms with Gasteiger partial charge in [0, 0.05) is 30.3 Å². The standard InChI is InChI=1S/C18H15Cl2N3O.ClH/c19-15-5-4-13(9-16(15)20)23-17(24)8-12-3-1-2-11-6-7-21-10-14(11)18(12)22-23;/h4-7,9-10,12H,1-3,8H2;1H. The molecule has 0 saturated heterocycles. The number of anilines is 1. The highest BCUT2D eigenvalue weighted by molar-refractivity contribution is 6.42. The lowest BCUT2D eigenvalue weighted by atomic mass is 9.90. The van der Waals surface area contributed by atoms with Gasteiger partial charge in [0.1, 0.15) is 0 Å². The van der Waals surface area contributed by atoms with Gasteiger partial charge in [-0.2, -0.15) is 5.10 Å². The molecule has 0 N–H and O–H groups in total. The largest absolute Gasteiger partial charge is 0.273 e. The summed E-state index contributed by atoms with van der Waals surface area (Å²) < 4.78 is 0.